The number of alkyl carbamates (subject to hydrolysis) is 1. The number of carbonyl (C=O) groups excluding carboxylic acids is 3. The number of hydrogen-bond donors (Lipinski definition) is 1. The number of likely N-dealkylation sites (tertiary alicyclic amines) is 1. The van der Waals surface area contributed by atoms with Crippen molar-refractivity contribution in [2.45, 2.75) is 52.6 Å². The van der Waals surface area contributed by atoms with E-state index in [1.54, 1.807) is 0 Å². The molecule has 2 fully saturated rings. The molecule has 6 nitrogen and oxygen atoms in total. The van der Waals surface area contributed by atoms with Gasteiger partial charge < -0.3 is 15.0 Å². The van der Waals surface area contributed by atoms with Crippen LogP contribution >= 0.6 is 0 Å². The molecule has 1 aliphatic carbocycles. The third kappa shape index (κ3) is 4.94. The van der Waals surface area contributed by atoms with Crippen molar-refractivity contribution < 1.29 is 19.1 Å². The first-order chi connectivity index (χ1) is 10.7. The van der Waals surface area contributed by atoms with E-state index in [1.165, 1.54) is 0 Å². The lowest BCUT2D eigenvalue weighted by atomic mass is 9.81. The van der Waals surface area contributed by atoms with Crippen LogP contribution in [0.25, 0.3) is 0 Å². The monoisotopic (exact) mass is 324 g/mol. The molecule has 2 atom stereocenters. The molecule has 2 rings (SSSR count). The molecule has 130 valence electrons. The molecular formula is C17H28N2O4. The first kappa shape index (κ1) is 17.8. The minimum Gasteiger partial charge on any atom is -0.444 e. The predicted octanol–water partition coefficient (Wildman–Crippen LogP) is 1.97. The summed E-state index contributed by atoms with van der Waals surface area (Å²) >= 11 is 0. The van der Waals surface area contributed by atoms with Crippen molar-refractivity contribution >= 4 is 17.8 Å². The smallest absolute Gasteiger partial charge is 0.407 e. The van der Waals surface area contributed by atoms with Gasteiger partial charge in [-0.15, -0.1) is 0 Å². The van der Waals surface area contributed by atoms with Crippen LogP contribution in [-0.2, 0) is 14.3 Å². The van der Waals surface area contributed by atoms with Gasteiger partial charge in [-0.2, -0.15) is 0 Å². The number of amides is 2. The van der Waals surface area contributed by atoms with Crippen molar-refractivity contribution in [2.24, 2.45) is 17.8 Å². The van der Waals surface area contributed by atoms with E-state index < -0.39 is 11.7 Å². The molecule has 6 heteroatoms. The second-order valence-electron chi connectivity index (χ2n) is 7.84. The number of Topliss-reactive ketones (excluding diaryl/α,β-unsaturated/α-hetero) is 1. The zero-order chi connectivity index (χ0) is 17.2. The van der Waals surface area contributed by atoms with Crippen molar-refractivity contribution in [3.05, 3.63) is 0 Å². The van der Waals surface area contributed by atoms with Crippen molar-refractivity contribution in [1.82, 2.24) is 10.2 Å². The van der Waals surface area contributed by atoms with Gasteiger partial charge in [0.25, 0.3) is 0 Å². The summed E-state index contributed by atoms with van der Waals surface area (Å²) in [4.78, 5) is 37.1. The largest absolute Gasteiger partial charge is 0.444 e. The van der Waals surface area contributed by atoms with Crippen LogP contribution in [-0.4, -0.2) is 47.9 Å². The predicted molar refractivity (Wildman–Crippen MR) is 85.8 cm³/mol. The molecule has 2 amide bonds. The molecular weight excluding hydrogens is 296 g/mol. The number of nitrogens with zero attached hydrogens (tertiary/aromatic N) is 1. The molecule has 0 aromatic rings. The van der Waals surface area contributed by atoms with Gasteiger partial charge in [0.15, 0.2) is 0 Å². The normalized spacial score (nSPS) is 25.7. The Labute approximate surface area is 137 Å². The molecule has 2 unspecified atom stereocenters. The van der Waals surface area contributed by atoms with Gasteiger partial charge in [0, 0.05) is 32.5 Å². The van der Waals surface area contributed by atoms with Gasteiger partial charge in [-0.05, 0) is 39.0 Å². The minimum atomic E-state index is -0.513. The summed E-state index contributed by atoms with van der Waals surface area (Å²) in [6.45, 7) is 9.52. The Morgan fingerprint density at radius 3 is 2.52 bits per heavy atom. The second-order valence-corrected chi connectivity index (χ2v) is 7.84. The fourth-order valence-corrected chi connectivity index (χ4v) is 3.07. The second kappa shape index (κ2) is 6.89. The number of ketones is 1. The summed E-state index contributed by atoms with van der Waals surface area (Å²) < 4.78 is 5.25. The Morgan fingerprint density at radius 1 is 1.30 bits per heavy atom. The Morgan fingerprint density at radius 2 is 1.96 bits per heavy atom. The van der Waals surface area contributed by atoms with E-state index in [-0.39, 0.29) is 23.5 Å². The lowest BCUT2D eigenvalue weighted by molar-refractivity contribution is -0.146. The molecule has 0 aromatic heterocycles. The lowest BCUT2D eigenvalue weighted by Gasteiger charge is -2.40. The van der Waals surface area contributed by atoms with Crippen LogP contribution in [0.2, 0.25) is 0 Å². The highest BCUT2D eigenvalue weighted by Gasteiger charge is 2.38. The third-order valence-corrected chi connectivity index (χ3v) is 4.63. The maximum absolute atomic E-state index is 12.4. The van der Waals surface area contributed by atoms with Gasteiger partial charge in [-0.25, -0.2) is 4.79 Å². The van der Waals surface area contributed by atoms with Crippen molar-refractivity contribution in [1.29, 1.82) is 0 Å². The van der Waals surface area contributed by atoms with Crippen LogP contribution in [0.15, 0.2) is 0 Å². The molecule has 0 radical (unpaired) electrons. The van der Waals surface area contributed by atoms with Gasteiger partial charge in [0.05, 0.1) is 5.92 Å². The molecule has 1 saturated carbocycles. The highest BCUT2D eigenvalue weighted by molar-refractivity contribution is 5.96. The first-order valence-corrected chi connectivity index (χ1v) is 8.43. The number of carbonyl (C=O) groups is 3. The van der Waals surface area contributed by atoms with Gasteiger partial charge in [0.2, 0.25) is 5.91 Å². The summed E-state index contributed by atoms with van der Waals surface area (Å²) in [7, 11) is 0. The summed E-state index contributed by atoms with van der Waals surface area (Å²) in [6.07, 6.45) is 1.29. The van der Waals surface area contributed by atoms with E-state index in [1.807, 2.05) is 25.7 Å². The van der Waals surface area contributed by atoms with E-state index in [4.69, 9.17) is 4.74 Å². The molecule has 23 heavy (non-hydrogen) atoms. The Hall–Kier alpha value is -1.59. The van der Waals surface area contributed by atoms with Crippen LogP contribution in [0.5, 0.6) is 0 Å². The zero-order valence-corrected chi connectivity index (χ0v) is 14.6. The van der Waals surface area contributed by atoms with Crippen LogP contribution in [0, 0.1) is 17.8 Å². The van der Waals surface area contributed by atoms with Crippen molar-refractivity contribution in [3.8, 4) is 0 Å². The fraction of sp³-hybridized carbons (Fsp3) is 0.824. The van der Waals surface area contributed by atoms with E-state index in [0.29, 0.717) is 31.8 Å². The van der Waals surface area contributed by atoms with E-state index in [2.05, 4.69) is 12.2 Å². The summed E-state index contributed by atoms with van der Waals surface area (Å²) in [5, 5.41) is 2.81. The van der Waals surface area contributed by atoms with Crippen molar-refractivity contribution in [2.75, 3.05) is 19.6 Å². The number of hydrogen-bond acceptors (Lipinski definition) is 4. The SMILES string of the molecule is CC1CCN(C(=O)C2CC(=O)C2)CC1CNC(=O)OC(C)(C)C. The summed E-state index contributed by atoms with van der Waals surface area (Å²) in [5.41, 5.74) is -0.513. The van der Waals surface area contributed by atoms with Gasteiger partial charge in [-0.1, -0.05) is 6.92 Å². The average molecular weight is 324 g/mol. The van der Waals surface area contributed by atoms with Gasteiger partial charge in [-0.3, -0.25) is 9.59 Å². The van der Waals surface area contributed by atoms with E-state index in [0.717, 1.165) is 13.0 Å². The molecule has 0 aromatic carbocycles. The van der Waals surface area contributed by atoms with Gasteiger partial charge in [0.1, 0.15) is 11.4 Å². The van der Waals surface area contributed by atoms with E-state index in [9.17, 15) is 14.4 Å². The molecule has 0 bridgehead atoms. The number of ether oxygens (including phenoxy) is 1. The number of rotatable bonds is 3. The summed E-state index contributed by atoms with van der Waals surface area (Å²) in [6, 6.07) is 0. The summed E-state index contributed by atoms with van der Waals surface area (Å²) in [5.74, 6) is 0.819. The molecule has 1 heterocycles. The molecule has 1 saturated heterocycles. The highest BCUT2D eigenvalue weighted by atomic mass is 16.6. The van der Waals surface area contributed by atoms with Crippen LogP contribution in [0.1, 0.15) is 47.0 Å². The lowest BCUT2D eigenvalue weighted by Crippen LogP contribution is -2.50. The average Bonchev–Trinajstić information content (AvgIpc) is 2.40. The van der Waals surface area contributed by atoms with Crippen LogP contribution in [0.4, 0.5) is 4.79 Å². The Balaban J connectivity index is 1.82. The number of nitrogens with one attached hydrogen (secondary N) is 1. The minimum absolute atomic E-state index is 0.0961. The zero-order valence-electron chi connectivity index (χ0n) is 14.6. The Bertz CT molecular complexity index is 475. The maximum atomic E-state index is 12.4. The van der Waals surface area contributed by atoms with E-state index >= 15 is 0 Å². The molecule has 1 N–H and O–H groups in total. The third-order valence-electron chi connectivity index (χ3n) is 4.63. The highest BCUT2D eigenvalue weighted by Crippen LogP contribution is 2.29. The topological polar surface area (TPSA) is 75.7 Å². The quantitative estimate of drug-likeness (QED) is 0.861. The van der Waals surface area contributed by atoms with Crippen LogP contribution < -0.4 is 5.32 Å². The Kier molecular flexibility index (Phi) is 5.32. The maximum Gasteiger partial charge on any atom is 0.407 e. The first-order valence-electron chi connectivity index (χ1n) is 8.43. The molecule has 1 aliphatic heterocycles. The number of piperidine rings is 1. The fourth-order valence-electron chi connectivity index (χ4n) is 3.07. The molecule has 0 spiro atoms. The van der Waals surface area contributed by atoms with Crippen molar-refractivity contribution in [3.63, 3.8) is 0 Å². The van der Waals surface area contributed by atoms with Crippen LogP contribution in [0.3, 0.4) is 0 Å². The molecule has 2 aliphatic rings. The van der Waals surface area contributed by atoms with Gasteiger partial charge >= 0.3 is 6.09 Å². The standard InChI is InChI=1S/C17H28N2O4/c1-11-5-6-19(15(21)12-7-14(20)8-12)10-13(11)9-18-16(22)23-17(2,3)4/h11-13H,5-10H2,1-4H3,(H,18,22).